The van der Waals surface area contributed by atoms with Crippen LogP contribution in [-0.4, -0.2) is 47.1 Å². The maximum absolute atomic E-state index is 12.7. The summed E-state index contributed by atoms with van der Waals surface area (Å²) in [5, 5.41) is 16.6. The van der Waals surface area contributed by atoms with Crippen molar-refractivity contribution in [2.24, 2.45) is 5.92 Å². The lowest BCUT2D eigenvalue weighted by molar-refractivity contribution is -0.192. The number of benzene rings is 1. The predicted molar refractivity (Wildman–Crippen MR) is 117 cm³/mol. The maximum Gasteiger partial charge on any atom is 0.490 e. The van der Waals surface area contributed by atoms with E-state index in [0.29, 0.717) is 16.5 Å². The van der Waals surface area contributed by atoms with E-state index < -0.39 is 18.1 Å². The monoisotopic (exact) mass is 506 g/mol. The van der Waals surface area contributed by atoms with Crippen molar-refractivity contribution in [3.63, 3.8) is 0 Å². The number of halogens is 5. The number of piperidine rings is 1. The van der Waals surface area contributed by atoms with Crippen LogP contribution in [0.15, 0.2) is 36.5 Å². The molecule has 2 heterocycles. The van der Waals surface area contributed by atoms with E-state index in [1.807, 2.05) is 0 Å². The van der Waals surface area contributed by atoms with E-state index in [1.165, 1.54) is 6.20 Å². The number of anilines is 2. The second-order valence-electron chi connectivity index (χ2n) is 6.79. The predicted octanol–water partition coefficient (Wildman–Crippen LogP) is 4.21. The third-order valence-corrected chi connectivity index (χ3v) is 4.96. The first-order valence-electron chi connectivity index (χ1n) is 9.52. The van der Waals surface area contributed by atoms with E-state index >= 15 is 0 Å². The number of carboxylic acids is 1. The standard InChI is InChI=1S/C18H18Cl2N4O2.C2HF3O2/c19-12-4-5-15(22-10-12)24-18(26)16-13(20)2-1-3-14(16)23-17(25)11-6-8-21-9-7-11;3-2(4,5)1(6)7/h1-5,10-11,21H,6-9H2,(H,23,25)(H,22,24,26);(H,6,7). The molecule has 1 aromatic carbocycles. The van der Waals surface area contributed by atoms with Gasteiger partial charge in [0.2, 0.25) is 5.91 Å². The highest BCUT2D eigenvalue weighted by Crippen LogP contribution is 2.27. The zero-order chi connectivity index (χ0) is 24.6. The van der Waals surface area contributed by atoms with Gasteiger partial charge in [0.15, 0.2) is 0 Å². The van der Waals surface area contributed by atoms with E-state index in [1.54, 1.807) is 30.3 Å². The Balaban J connectivity index is 0.000000479. The molecule has 0 bridgehead atoms. The Hall–Kier alpha value is -2.89. The van der Waals surface area contributed by atoms with Crippen LogP contribution in [0.4, 0.5) is 24.7 Å². The fourth-order valence-electron chi connectivity index (χ4n) is 2.81. The number of rotatable bonds is 4. The molecule has 1 saturated heterocycles. The molecule has 4 N–H and O–H groups in total. The number of nitrogens with zero attached hydrogens (tertiary/aromatic N) is 1. The van der Waals surface area contributed by atoms with Crippen LogP contribution in [0.5, 0.6) is 0 Å². The lowest BCUT2D eigenvalue weighted by atomic mass is 9.97. The molecule has 0 atom stereocenters. The van der Waals surface area contributed by atoms with Gasteiger partial charge in [0.05, 0.1) is 21.3 Å². The number of carboxylic acid groups (broad SMARTS) is 1. The summed E-state index contributed by atoms with van der Waals surface area (Å²) in [6.07, 6.45) is -2.12. The van der Waals surface area contributed by atoms with Gasteiger partial charge in [-0.3, -0.25) is 9.59 Å². The van der Waals surface area contributed by atoms with Gasteiger partial charge in [0, 0.05) is 12.1 Å². The van der Waals surface area contributed by atoms with Crippen LogP contribution >= 0.6 is 23.2 Å². The van der Waals surface area contributed by atoms with Crippen LogP contribution in [0.2, 0.25) is 10.0 Å². The first-order chi connectivity index (χ1) is 15.5. The number of nitrogens with one attached hydrogen (secondary N) is 3. The Kier molecular flexibility index (Phi) is 9.44. The number of pyridine rings is 1. The summed E-state index contributed by atoms with van der Waals surface area (Å²) in [4.78, 5) is 38.1. The van der Waals surface area contributed by atoms with Crippen molar-refractivity contribution in [2.45, 2.75) is 19.0 Å². The quantitative estimate of drug-likeness (QED) is 0.492. The molecule has 1 aliphatic heterocycles. The molecular formula is C20H19Cl2F3N4O4. The first-order valence-corrected chi connectivity index (χ1v) is 10.3. The van der Waals surface area contributed by atoms with Crippen molar-refractivity contribution in [3.05, 3.63) is 52.1 Å². The number of aliphatic carboxylic acids is 1. The van der Waals surface area contributed by atoms with Crippen LogP contribution in [0.1, 0.15) is 23.2 Å². The molecular weight excluding hydrogens is 488 g/mol. The number of carbonyl (C=O) groups excluding carboxylic acids is 2. The van der Waals surface area contributed by atoms with E-state index in [2.05, 4.69) is 20.9 Å². The fraction of sp³-hybridized carbons (Fsp3) is 0.300. The zero-order valence-electron chi connectivity index (χ0n) is 16.9. The Labute approximate surface area is 196 Å². The Bertz CT molecular complexity index is 998. The third kappa shape index (κ3) is 8.19. The number of amides is 2. The Morgan fingerprint density at radius 1 is 1.06 bits per heavy atom. The largest absolute Gasteiger partial charge is 0.490 e. The molecule has 2 amide bonds. The number of hydrogen-bond acceptors (Lipinski definition) is 5. The molecule has 0 radical (unpaired) electrons. The van der Waals surface area contributed by atoms with Gasteiger partial charge in [-0.05, 0) is 50.2 Å². The second kappa shape index (κ2) is 11.8. The molecule has 1 aromatic heterocycles. The van der Waals surface area contributed by atoms with E-state index in [4.69, 9.17) is 33.1 Å². The first kappa shape index (κ1) is 26.4. The topological polar surface area (TPSA) is 120 Å². The number of aromatic nitrogens is 1. The number of carbonyl (C=O) groups is 3. The molecule has 2 aromatic rings. The van der Waals surface area contributed by atoms with Crippen molar-refractivity contribution in [1.82, 2.24) is 10.3 Å². The summed E-state index contributed by atoms with van der Waals surface area (Å²) < 4.78 is 31.7. The molecule has 8 nitrogen and oxygen atoms in total. The highest BCUT2D eigenvalue weighted by molar-refractivity contribution is 6.35. The maximum atomic E-state index is 12.7. The second-order valence-corrected chi connectivity index (χ2v) is 7.64. The average Bonchev–Trinajstić information content (AvgIpc) is 2.75. The zero-order valence-corrected chi connectivity index (χ0v) is 18.4. The normalized spacial score (nSPS) is 14.0. The van der Waals surface area contributed by atoms with Crippen molar-refractivity contribution >= 4 is 52.5 Å². The van der Waals surface area contributed by atoms with Gasteiger partial charge in [-0.1, -0.05) is 29.3 Å². The van der Waals surface area contributed by atoms with E-state index in [-0.39, 0.29) is 22.4 Å². The highest BCUT2D eigenvalue weighted by atomic mass is 35.5. The molecule has 1 aliphatic rings. The van der Waals surface area contributed by atoms with Gasteiger partial charge in [-0.15, -0.1) is 0 Å². The van der Waals surface area contributed by atoms with Crippen LogP contribution in [-0.2, 0) is 9.59 Å². The van der Waals surface area contributed by atoms with Gasteiger partial charge in [0.25, 0.3) is 5.91 Å². The summed E-state index contributed by atoms with van der Waals surface area (Å²) in [5.41, 5.74) is 0.584. The van der Waals surface area contributed by atoms with Crippen molar-refractivity contribution < 1.29 is 32.7 Å². The Morgan fingerprint density at radius 2 is 1.70 bits per heavy atom. The molecule has 0 unspecified atom stereocenters. The number of alkyl halides is 3. The molecule has 0 aliphatic carbocycles. The van der Waals surface area contributed by atoms with Gasteiger partial charge in [-0.25, -0.2) is 9.78 Å². The molecule has 1 fully saturated rings. The van der Waals surface area contributed by atoms with Crippen LogP contribution in [0.3, 0.4) is 0 Å². The smallest absolute Gasteiger partial charge is 0.475 e. The molecule has 33 heavy (non-hydrogen) atoms. The van der Waals surface area contributed by atoms with Gasteiger partial charge in [0.1, 0.15) is 5.82 Å². The molecule has 0 saturated carbocycles. The third-order valence-electron chi connectivity index (χ3n) is 4.42. The summed E-state index contributed by atoms with van der Waals surface area (Å²) in [5.74, 6) is -3.05. The summed E-state index contributed by atoms with van der Waals surface area (Å²) in [7, 11) is 0. The minimum Gasteiger partial charge on any atom is -0.475 e. The summed E-state index contributed by atoms with van der Waals surface area (Å²) in [6, 6.07) is 8.17. The van der Waals surface area contributed by atoms with Gasteiger partial charge in [-0.2, -0.15) is 13.2 Å². The minimum absolute atomic E-state index is 0.0796. The van der Waals surface area contributed by atoms with Crippen LogP contribution in [0.25, 0.3) is 0 Å². The summed E-state index contributed by atoms with van der Waals surface area (Å²) >= 11 is 12.0. The SMILES string of the molecule is O=C(Nc1ccc(Cl)cn1)c1c(Cl)cccc1NC(=O)C1CCNCC1.O=C(O)C(F)(F)F. The molecule has 3 rings (SSSR count). The molecule has 13 heteroatoms. The van der Waals surface area contributed by atoms with Crippen LogP contribution in [0, 0.1) is 5.92 Å². The highest BCUT2D eigenvalue weighted by Gasteiger charge is 2.38. The Morgan fingerprint density at radius 3 is 2.24 bits per heavy atom. The van der Waals surface area contributed by atoms with Gasteiger partial charge >= 0.3 is 12.1 Å². The lowest BCUT2D eigenvalue weighted by Gasteiger charge is -2.22. The van der Waals surface area contributed by atoms with Gasteiger partial charge < -0.3 is 21.1 Å². The minimum atomic E-state index is -5.08. The van der Waals surface area contributed by atoms with E-state index in [9.17, 15) is 22.8 Å². The van der Waals surface area contributed by atoms with Crippen molar-refractivity contribution in [1.29, 1.82) is 0 Å². The average molecular weight is 507 g/mol. The summed E-state index contributed by atoms with van der Waals surface area (Å²) in [6.45, 7) is 1.62. The van der Waals surface area contributed by atoms with Crippen LogP contribution < -0.4 is 16.0 Å². The van der Waals surface area contributed by atoms with Crippen molar-refractivity contribution in [2.75, 3.05) is 23.7 Å². The molecule has 0 spiro atoms. The van der Waals surface area contributed by atoms with Crippen molar-refractivity contribution in [3.8, 4) is 0 Å². The number of hydrogen-bond donors (Lipinski definition) is 4. The fourth-order valence-corrected chi connectivity index (χ4v) is 3.18. The van der Waals surface area contributed by atoms with E-state index in [0.717, 1.165) is 25.9 Å². The molecule has 178 valence electrons. The lowest BCUT2D eigenvalue weighted by Crippen LogP contribution is -2.35.